The Morgan fingerprint density at radius 3 is 2.13 bits per heavy atom. The van der Waals surface area contributed by atoms with Crippen molar-refractivity contribution in [3.8, 4) is 0 Å². The number of H-pyrrole nitrogens is 1. The van der Waals surface area contributed by atoms with Gasteiger partial charge in [0.2, 0.25) is 59.1 Å². The SMILES string of the molecule is CC[C@H](C)[C@@H]1NC(=O)CNC(=O)[C@H]2Cc3c([nH]c4ccccc34)SCC(NC(=O)CNC1=O)C(=O)N[C@@H](CC(=O)NOCc1ccc(NC(=O)[C@H](C)NC(=O)C(NC(=O)OC(C)(C)C)C(C)C)cc1)C(=O)N1C[C@H](O)C[C@@]1(C=O)N[C@@H]([C@@H](C)[C@@H](O)CO)C(=O)N2. The number of fused-ring (bicyclic) bond motifs is 5. The van der Waals surface area contributed by atoms with Crippen molar-refractivity contribution in [1.82, 2.24) is 63.2 Å². The summed E-state index contributed by atoms with van der Waals surface area (Å²) in [6.45, 7) is 11.4. The van der Waals surface area contributed by atoms with Gasteiger partial charge >= 0.3 is 6.09 Å². The average Bonchev–Trinajstić information content (AvgIpc) is 1.59. The summed E-state index contributed by atoms with van der Waals surface area (Å²) < 4.78 is 5.28. The Hall–Kier alpha value is -8.23. The predicted molar refractivity (Wildman–Crippen MR) is 324 cm³/mol. The van der Waals surface area contributed by atoms with Gasteiger partial charge in [-0.1, -0.05) is 71.4 Å². The van der Waals surface area contributed by atoms with Crippen LogP contribution in [-0.2, 0) is 75.3 Å². The summed E-state index contributed by atoms with van der Waals surface area (Å²) in [4.78, 5) is 177. The maximum absolute atomic E-state index is 15.2. The first-order valence-electron chi connectivity index (χ1n) is 29.6. The molecule has 11 amide bonds. The molecule has 12 atom stereocenters. The molecule has 90 heavy (non-hydrogen) atoms. The van der Waals surface area contributed by atoms with E-state index in [4.69, 9.17) is 9.57 Å². The summed E-state index contributed by atoms with van der Waals surface area (Å²) in [5, 5.41) is 59.5. The lowest BCUT2D eigenvalue weighted by Gasteiger charge is -2.41. The van der Waals surface area contributed by atoms with E-state index < -0.39 is 182 Å². The zero-order chi connectivity index (χ0) is 66.4. The first-order chi connectivity index (χ1) is 42.5. The number of alkyl carbamates (subject to hydrolysis) is 1. The Balaban J connectivity index is 1.31. The number of para-hydroxylation sites is 1. The van der Waals surface area contributed by atoms with E-state index in [2.05, 4.69) is 63.6 Å². The fourth-order valence-corrected chi connectivity index (χ4v) is 11.3. The number of ether oxygens (including phenoxy) is 1. The molecule has 15 N–H and O–H groups in total. The van der Waals surface area contributed by atoms with E-state index in [-0.39, 0.29) is 31.0 Å². The number of hydrogen-bond donors (Lipinski definition) is 15. The summed E-state index contributed by atoms with van der Waals surface area (Å²) in [5.41, 5.74) is 0.747. The molecule has 31 heteroatoms. The molecule has 2 aromatic carbocycles. The van der Waals surface area contributed by atoms with Crippen LogP contribution in [0.2, 0.25) is 0 Å². The molecular weight excluding hydrogens is 1190 g/mol. The fourth-order valence-electron chi connectivity index (χ4n) is 10.2. The quantitative estimate of drug-likeness (QED) is 0.0519. The van der Waals surface area contributed by atoms with E-state index in [0.29, 0.717) is 39.2 Å². The maximum Gasteiger partial charge on any atom is 0.408 e. The van der Waals surface area contributed by atoms with E-state index in [1.165, 1.54) is 26.0 Å². The number of aromatic nitrogens is 1. The number of hydrogen-bond acceptors (Lipinski definition) is 19. The normalized spacial score (nSPS) is 24.2. The molecule has 3 aromatic rings. The number of rotatable bonds is 17. The van der Waals surface area contributed by atoms with Gasteiger partial charge in [0.1, 0.15) is 41.9 Å². The van der Waals surface area contributed by atoms with Gasteiger partial charge in [0.15, 0.2) is 11.9 Å². The summed E-state index contributed by atoms with van der Waals surface area (Å²) in [6, 6.07) is 2.77. The van der Waals surface area contributed by atoms with Crippen LogP contribution in [0.15, 0.2) is 53.6 Å². The molecule has 6 rings (SSSR count). The minimum atomic E-state index is -2.37. The molecule has 30 nitrogen and oxygen atoms in total. The topological polar surface area (TPSA) is 435 Å². The number of aromatic amines is 1. The molecule has 0 aliphatic carbocycles. The van der Waals surface area contributed by atoms with Crippen molar-refractivity contribution < 1.29 is 82.4 Å². The molecular formula is C59H83N13O17S. The number of nitrogens with one attached hydrogen (secondary N) is 12. The fraction of sp³-hybridized carbons (Fsp3) is 0.559. The lowest BCUT2D eigenvalue weighted by molar-refractivity contribution is -0.149. The molecule has 0 radical (unpaired) electrons. The van der Waals surface area contributed by atoms with Crippen LogP contribution in [0.25, 0.3) is 10.9 Å². The van der Waals surface area contributed by atoms with Crippen LogP contribution >= 0.6 is 11.8 Å². The molecule has 2 unspecified atom stereocenters. The van der Waals surface area contributed by atoms with Gasteiger partial charge in [-0.2, -0.15) is 0 Å². The minimum absolute atomic E-state index is 0.213. The third-order valence-electron chi connectivity index (χ3n) is 15.4. The molecule has 492 valence electrons. The van der Waals surface area contributed by atoms with Crippen molar-refractivity contribution in [3.63, 3.8) is 0 Å². The second kappa shape index (κ2) is 31.5. The molecule has 0 spiro atoms. The molecule has 0 saturated carbocycles. The van der Waals surface area contributed by atoms with E-state index in [0.717, 1.165) is 16.7 Å². The summed E-state index contributed by atoms with van der Waals surface area (Å²) in [6.07, 6.45) is -5.26. The molecule has 1 aromatic heterocycles. The van der Waals surface area contributed by atoms with E-state index in [1.807, 2.05) is 0 Å². The van der Waals surface area contributed by atoms with Crippen LogP contribution in [0.1, 0.15) is 92.7 Å². The van der Waals surface area contributed by atoms with Crippen LogP contribution in [-0.4, -0.2) is 194 Å². The van der Waals surface area contributed by atoms with Gasteiger partial charge in [-0.15, -0.1) is 11.8 Å². The second-order valence-electron chi connectivity index (χ2n) is 24.0. The van der Waals surface area contributed by atoms with Gasteiger partial charge in [-0.3, -0.25) is 62.9 Å². The molecule has 1 fully saturated rings. The number of aliphatic hydroxyl groups excluding tert-OH is 3. The van der Waals surface area contributed by atoms with Crippen molar-refractivity contribution >= 4 is 99.8 Å². The average molecular weight is 1280 g/mol. The lowest BCUT2D eigenvalue weighted by Crippen LogP contribution is -2.69. The number of aliphatic hydroxyl groups is 3. The Kier molecular flexibility index (Phi) is 24.8. The van der Waals surface area contributed by atoms with Gasteiger partial charge in [0.25, 0.3) is 0 Å². The molecule has 1 saturated heterocycles. The summed E-state index contributed by atoms with van der Waals surface area (Å²) in [7, 11) is 0. The van der Waals surface area contributed by atoms with Gasteiger partial charge in [0, 0.05) is 47.6 Å². The van der Waals surface area contributed by atoms with E-state index in [1.54, 1.807) is 84.9 Å². The number of carbonyl (C=O) groups is 12. The van der Waals surface area contributed by atoms with Crippen molar-refractivity contribution in [2.45, 2.75) is 165 Å². The number of benzene rings is 2. The highest BCUT2D eigenvalue weighted by atomic mass is 32.2. The monoisotopic (exact) mass is 1280 g/mol. The Morgan fingerprint density at radius 2 is 1.49 bits per heavy atom. The molecule has 3 aliphatic heterocycles. The number of hydroxylamine groups is 1. The van der Waals surface area contributed by atoms with Gasteiger partial charge in [-0.05, 0) is 68.9 Å². The first kappa shape index (κ1) is 70.9. The Bertz CT molecular complexity index is 3140. The van der Waals surface area contributed by atoms with Crippen molar-refractivity contribution in [2.24, 2.45) is 17.8 Å². The molecule has 4 heterocycles. The second-order valence-corrected chi connectivity index (χ2v) is 25.0. The van der Waals surface area contributed by atoms with E-state index in [9.17, 15) is 68.1 Å². The lowest BCUT2D eigenvalue weighted by atomic mass is 9.92. The van der Waals surface area contributed by atoms with Crippen LogP contribution in [0.3, 0.4) is 0 Å². The highest BCUT2D eigenvalue weighted by molar-refractivity contribution is 7.99. The largest absolute Gasteiger partial charge is 0.444 e. The molecule has 3 aliphatic rings. The number of aldehydes is 1. The number of thioether (sulfide) groups is 1. The van der Waals surface area contributed by atoms with Crippen molar-refractivity contribution in [3.05, 3.63) is 59.7 Å². The van der Waals surface area contributed by atoms with Crippen LogP contribution < -0.4 is 58.6 Å². The van der Waals surface area contributed by atoms with Crippen molar-refractivity contribution in [1.29, 1.82) is 0 Å². The van der Waals surface area contributed by atoms with Crippen molar-refractivity contribution in [2.75, 3.05) is 37.3 Å². The number of amides is 11. The third kappa shape index (κ3) is 18.9. The zero-order valence-corrected chi connectivity index (χ0v) is 52.4. The highest BCUT2D eigenvalue weighted by Crippen LogP contribution is 2.33. The predicted octanol–water partition coefficient (Wildman–Crippen LogP) is -1.89. The Morgan fingerprint density at radius 1 is 0.822 bits per heavy atom. The summed E-state index contributed by atoms with van der Waals surface area (Å²) >= 11 is 0.984. The Labute approximate surface area is 523 Å². The number of nitrogens with zero attached hydrogens (tertiary/aromatic N) is 1. The van der Waals surface area contributed by atoms with Crippen LogP contribution in [0.5, 0.6) is 0 Å². The smallest absolute Gasteiger partial charge is 0.408 e. The number of carbonyl (C=O) groups excluding carboxylic acids is 12. The third-order valence-corrected chi connectivity index (χ3v) is 16.6. The number of anilines is 1. The zero-order valence-electron chi connectivity index (χ0n) is 51.6. The van der Waals surface area contributed by atoms with Gasteiger partial charge in [0.05, 0.1) is 56.0 Å². The highest BCUT2D eigenvalue weighted by Gasteiger charge is 2.53. The minimum Gasteiger partial charge on any atom is -0.444 e. The summed E-state index contributed by atoms with van der Waals surface area (Å²) in [5.74, 6) is -11.5. The molecule has 2 bridgehead atoms. The van der Waals surface area contributed by atoms with Crippen LogP contribution in [0, 0.1) is 17.8 Å². The van der Waals surface area contributed by atoms with E-state index >= 15 is 4.79 Å². The van der Waals surface area contributed by atoms with Gasteiger partial charge in [-0.25, -0.2) is 10.3 Å². The van der Waals surface area contributed by atoms with Gasteiger partial charge < -0.3 is 77.8 Å². The van der Waals surface area contributed by atoms with Crippen LogP contribution in [0.4, 0.5) is 10.5 Å². The first-order valence-corrected chi connectivity index (χ1v) is 30.5. The standard InChI is InChI=1S/C59H83N13O17S/c1-10-30(4)47-52(83)61-22-44(78)64-41-27-90-55-37(36-13-11-12-14-38(36)67-55)19-39(50(81)60-23-45(79)68-47)65-54(85)48(31(5)42(76)25-73)70-59(28-74)21-35(75)24-72(59)56(86)40(66-51(41)82)20-43(77)71-88-26-33-15-17-34(18-16-33)63-49(80)32(6)62-53(84)46(29(2)3)69-57(87)89-58(7,8)9/h11-18,28-32,35,39-42,46-48,67,70,73,75-76H,10,19-27H2,1-9H3,(H,60,81)(H,61,83)(H,62,84)(H,63,80)(H,64,78)(H,65,85)(H,66,82)(H,68,79)(H,69,87)(H,71,77)/t30-,31-,32-,35+,39+,40-,41?,42-,46?,47-,48-,59+/m0/s1. The maximum atomic E-state index is 15.2.